The van der Waals surface area contributed by atoms with E-state index in [1.165, 1.54) is 5.57 Å². The van der Waals surface area contributed by atoms with E-state index in [0.29, 0.717) is 37.5 Å². The van der Waals surface area contributed by atoms with Gasteiger partial charge in [-0.3, -0.25) is 0 Å². The van der Waals surface area contributed by atoms with Crippen LogP contribution in [0.5, 0.6) is 0 Å². The number of ether oxygens (including phenoxy) is 5. The number of hydrogen-bond donors (Lipinski definition) is 8. The van der Waals surface area contributed by atoms with Gasteiger partial charge in [0.05, 0.1) is 37.6 Å². The number of hydrogen-bond acceptors (Lipinski definition) is 13. The second-order valence-corrected chi connectivity index (χ2v) is 17.8. The fraction of sp³-hybridized carbons (Fsp3) is 0.947. The first kappa shape index (κ1) is 38.5. The van der Waals surface area contributed by atoms with Crippen molar-refractivity contribution >= 4 is 0 Å². The van der Waals surface area contributed by atoms with Crippen molar-refractivity contribution in [3.05, 3.63) is 11.6 Å². The van der Waals surface area contributed by atoms with Crippen LogP contribution in [0.25, 0.3) is 0 Å². The quantitative estimate of drug-likeness (QED) is 0.164. The van der Waals surface area contributed by atoms with Gasteiger partial charge in [-0.2, -0.15) is 0 Å². The maximum atomic E-state index is 12.0. The molecular formula is C38H62O13. The van der Waals surface area contributed by atoms with Gasteiger partial charge in [-0.25, -0.2) is 0 Å². The maximum Gasteiger partial charge on any atom is 0.186 e. The lowest BCUT2D eigenvalue weighted by atomic mass is 9.46. The van der Waals surface area contributed by atoms with Gasteiger partial charge in [0, 0.05) is 24.2 Å². The molecule has 21 unspecified atom stereocenters. The molecule has 21 atom stereocenters. The first-order valence-corrected chi connectivity index (χ1v) is 19.4. The van der Waals surface area contributed by atoms with Crippen LogP contribution in [0, 0.1) is 46.3 Å². The normalized spacial score (nSPS) is 56.0. The molecular weight excluding hydrogens is 664 g/mol. The molecule has 0 spiro atoms. The monoisotopic (exact) mass is 726 g/mol. The standard InChI is InChI=1S/C38H62O13/c1-17(15-47-34-33(45)31(43)29(41)19(3)49-34)8-11-38(46)18(2)28-26(51-38)14-24-22-7-6-20-12-21(39)13-27(37(20,5)23(22)9-10-36(24,28)4)50-35-32(44)30(42)25(40)16-48-35/h6,17-19,21-35,39-46H,7-16H2,1-5H3. The molecule has 4 aliphatic carbocycles. The second kappa shape index (κ2) is 14.1. The summed E-state index contributed by atoms with van der Waals surface area (Å²) in [4.78, 5) is 0. The zero-order valence-electron chi connectivity index (χ0n) is 30.7. The van der Waals surface area contributed by atoms with Crippen molar-refractivity contribution in [2.75, 3.05) is 13.2 Å². The molecule has 8 N–H and O–H groups in total. The molecule has 6 fully saturated rings. The summed E-state index contributed by atoms with van der Waals surface area (Å²) in [6.07, 6.45) is -3.70. The second-order valence-electron chi connectivity index (χ2n) is 17.8. The zero-order valence-corrected chi connectivity index (χ0v) is 30.7. The fourth-order valence-corrected chi connectivity index (χ4v) is 11.9. The minimum atomic E-state index is -1.40. The van der Waals surface area contributed by atoms with E-state index < -0.39 is 78.7 Å². The van der Waals surface area contributed by atoms with Crippen molar-refractivity contribution in [3.8, 4) is 0 Å². The van der Waals surface area contributed by atoms with Gasteiger partial charge < -0.3 is 64.5 Å². The fourth-order valence-electron chi connectivity index (χ4n) is 11.9. The highest BCUT2D eigenvalue weighted by atomic mass is 16.7. The molecule has 13 heteroatoms. The Morgan fingerprint density at radius 3 is 2.39 bits per heavy atom. The summed E-state index contributed by atoms with van der Waals surface area (Å²) in [5.74, 6) is -0.141. The summed E-state index contributed by atoms with van der Waals surface area (Å²) in [5.41, 5.74) is 0.756. The summed E-state index contributed by atoms with van der Waals surface area (Å²) in [6.45, 7) is 10.5. The van der Waals surface area contributed by atoms with Crippen LogP contribution in [0.15, 0.2) is 11.6 Å². The Kier molecular flexibility index (Phi) is 10.6. The molecule has 0 aromatic heterocycles. The minimum absolute atomic E-state index is 0.0146. The van der Waals surface area contributed by atoms with Crippen LogP contribution < -0.4 is 0 Å². The van der Waals surface area contributed by atoms with Crippen LogP contribution in [0.2, 0.25) is 0 Å². The first-order chi connectivity index (χ1) is 24.0. The van der Waals surface area contributed by atoms with E-state index in [1.54, 1.807) is 6.92 Å². The molecule has 0 amide bonds. The van der Waals surface area contributed by atoms with Gasteiger partial charge in [0.2, 0.25) is 0 Å². The van der Waals surface area contributed by atoms with Gasteiger partial charge in [-0.1, -0.05) is 39.3 Å². The first-order valence-electron chi connectivity index (χ1n) is 19.4. The van der Waals surface area contributed by atoms with Crippen LogP contribution in [-0.2, 0) is 23.7 Å². The van der Waals surface area contributed by atoms with E-state index >= 15 is 0 Å². The summed E-state index contributed by atoms with van der Waals surface area (Å²) in [6, 6.07) is 0. The van der Waals surface area contributed by atoms with Crippen molar-refractivity contribution in [3.63, 3.8) is 0 Å². The number of rotatable bonds is 8. The molecule has 7 aliphatic rings. The predicted molar refractivity (Wildman–Crippen MR) is 180 cm³/mol. The average molecular weight is 727 g/mol. The lowest BCUT2D eigenvalue weighted by Gasteiger charge is -2.60. The van der Waals surface area contributed by atoms with Crippen LogP contribution in [-0.4, -0.2) is 133 Å². The molecule has 3 aliphatic heterocycles. The number of fused-ring (bicyclic) bond motifs is 7. The van der Waals surface area contributed by atoms with Crippen molar-refractivity contribution < 1.29 is 64.5 Å². The molecule has 0 bridgehead atoms. The Balaban J connectivity index is 1.00. The minimum Gasteiger partial charge on any atom is -0.393 e. The Hall–Kier alpha value is -0.780. The highest BCUT2D eigenvalue weighted by molar-refractivity contribution is 5.28. The summed E-state index contributed by atoms with van der Waals surface area (Å²) in [7, 11) is 0. The van der Waals surface area contributed by atoms with Gasteiger partial charge in [-0.05, 0) is 80.5 Å². The molecule has 51 heavy (non-hydrogen) atoms. The molecule has 13 nitrogen and oxygen atoms in total. The molecule has 3 saturated carbocycles. The predicted octanol–water partition coefficient (Wildman–Crippen LogP) is 0.954. The van der Waals surface area contributed by atoms with E-state index in [-0.39, 0.29) is 48.4 Å². The topological polar surface area (TPSA) is 208 Å². The lowest BCUT2D eigenvalue weighted by molar-refractivity contribution is -0.300. The Morgan fingerprint density at radius 1 is 0.922 bits per heavy atom. The van der Waals surface area contributed by atoms with E-state index in [9.17, 15) is 40.9 Å². The van der Waals surface area contributed by atoms with E-state index in [1.807, 2.05) is 6.92 Å². The highest BCUT2D eigenvalue weighted by Gasteiger charge is 2.68. The van der Waals surface area contributed by atoms with E-state index in [0.717, 1.165) is 25.7 Å². The third-order valence-electron chi connectivity index (χ3n) is 14.9. The highest BCUT2D eigenvalue weighted by Crippen LogP contribution is 2.70. The Labute approximate surface area is 300 Å². The van der Waals surface area contributed by atoms with E-state index in [2.05, 4.69) is 26.8 Å². The van der Waals surface area contributed by atoms with Crippen LogP contribution in [0.3, 0.4) is 0 Å². The summed E-state index contributed by atoms with van der Waals surface area (Å²) >= 11 is 0. The molecule has 292 valence electrons. The van der Waals surface area contributed by atoms with Crippen molar-refractivity contribution in [2.45, 2.75) is 165 Å². The van der Waals surface area contributed by atoms with Gasteiger partial charge in [0.25, 0.3) is 0 Å². The summed E-state index contributed by atoms with van der Waals surface area (Å²) < 4.78 is 30.2. The van der Waals surface area contributed by atoms with Gasteiger partial charge in [0.1, 0.15) is 36.6 Å². The summed E-state index contributed by atoms with van der Waals surface area (Å²) in [5, 5.41) is 84.3. The molecule has 0 radical (unpaired) electrons. The number of aliphatic hydroxyl groups excluding tert-OH is 7. The molecule has 7 rings (SSSR count). The van der Waals surface area contributed by atoms with Crippen LogP contribution in [0.4, 0.5) is 0 Å². The SMILES string of the molecule is CC(CCC1(O)OC2CC3C4CC=C5CC(O)CC(OC6OCC(O)C(O)C6O)C5(C)C4CCC3(C)C2C1C)COC1OC(C)C(O)C(O)C1O. The average Bonchev–Trinajstić information content (AvgIpc) is 3.52. The smallest absolute Gasteiger partial charge is 0.186 e. The van der Waals surface area contributed by atoms with Crippen molar-refractivity contribution in [2.24, 2.45) is 46.3 Å². The Morgan fingerprint density at radius 2 is 1.65 bits per heavy atom. The van der Waals surface area contributed by atoms with Gasteiger partial charge in [0.15, 0.2) is 18.4 Å². The number of allylic oxidation sites excluding steroid dienone is 1. The Bertz CT molecular complexity index is 1280. The molecule has 0 aromatic carbocycles. The van der Waals surface area contributed by atoms with Crippen LogP contribution >= 0.6 is 0 Å². The third kappa shape index (κ3) is 6.37. The van der Waals surface area contributed by atoms with Crippen molar-refractivity contribution in [1.82, 2.24) is 0 Å². The van der Waals surface area contributed by atoms with Crippen LogP contribution in [0.1, 0.15) is 86.0 Å². The zero-order chi connectivity index (χ0) is 36.8. The third-order valence-corrected chi connectivity index (χ3v) is 14.9. The lowest BCUT2D eigenvalue weighted by Crippen LogP contribution is -2.60. The maximum absolute atomic E-state index is 12.0. The van der Waals surface area contributed by atoms with Gasteiger partial charge in [-0.15, -0.1) is 0 Å². The van der Waals surface area contributed by atoms with Crippen molar-refractivity contribution in [1.29, 1.82) is 0 Å². The van der Waals surface area contributed by atoms with E-state index in [4.69, 9.17) is 23.7 Å². The largest absolute Gasteiger partial charge is 0.393 e. The van der Waals surface area contributed by atoms with Gasteiger partial charge >= 0.3 is 0 Å². The number of aliphatic hydroxyl groups is 8. The molecule has 0 aromatic rings. The molecule has 3 saturated heterocycles. The molecule has 3 heterocycles.